The van der Waals surface area contributed by atoms with E-state index in [9.17, 15) is 0 Å². The average molecular weight is 303 g/mol. The van der Waals surface area contributed by atoms with Crippen LogP contribution < -0.4 is 5.46 Å². The van der Waals surface area contributed by atoms with Crippen LogP contribution in [0.15, 0.2) is 16.7 Å². The van der Waals surface area contributed by atoms with Gasteiger partial charge in [0, 0.05) is 20.2 Å². The monoisotopic (exact) mass is 302 g/mol. The fourth-order valence-electron chi connectivity index (χ4n) is 1.44. The maximum absolute atomic E-state index is 8.16. The minimum atomic E-state index is -2.50. The third kappa shape index (κ3) is 2.28. The predicted molar refractivity (Wildman–Crippen MR) is 72.4 cm³/mol. The van der Waals surface area contributed by atoms with Crippen molar-refractivity contribution in [3.8, 4) is 0 Å². The lowest BCUT2D eigenvalue weighted by Gasteiger charge is -2.32. The highest BCUT2D eigenvalue weighted by Gasteiger charge is 2.51. The van der Waals surface area contributed by atoms with E-state index >= 15 is 0 Å². The zero-order chi connectivity index (χ0) is 17.1. The number of rotatable bonds is 1. The van der Waals surface area contributed by atoms with Crippen molar-refractivity contribution in [2.75, 3.05) is 0 Å². The molecule has 0 unspecified atom stereocenters. The van der Waals surface area contributed by atoms with Gasteiger partial charge in [0.1, 0.15) is 0 Å². The first-order chi connectivity index (χ1) is 9.78. The number of nitrogens with zero attached hydrogens (tertiary/aromatic N) is 1. The van der Waals surface area contributed by atoms with Crippen LogP contribution in [0.5, 0.6) is 0 Å². The average Bonchev–Trinajstić information content (AvgIpc) is 2.51. The van der Waals surface area contributed by atoms with Gasteiger partial charge < -0.3 is 9.31 Å². The van der Waals surface area contributed by atoms with Crippen LogP contribution in [0.3, 0.4) is 0 Å². The highest BCUT2D eigenvalue weighted by Crippen LogP contribution is 2.36. The first kappa shape index (κ1) is 7.92. The van der Waals surface area contributed by atoms with E-state index in [1.54, 1.807) is 0 Å². The molecule has 0 aromatic carbocycles. The topological polar surface area (TPSA) is 31.4 Å². The van der Waals surface area contributed by atoms with E-state index in [1.165, 1.54) is 0 Å². The largest absolute Gasteiger partial charge is 0.496 e. The van der Waals surface area contributed by atoms with Gasteiger partial charge in [-0.2, -0.15) is 0 Å². The highest BCUT2D eigenvalue weighted by molar-refractivity contribution is 9.10. The van der Waals surface area contributed by atoms with E-state index in [2.05, 4.69) is 20.9 Å². The van der Waals surface area contributed by atoms with Gasteiger partial charge in [-0.3, -0.25) is 4.98 Å². The summed E-state index contributed by atoms with van der Waals surface area (Å²) in [7, 11) is -0.931. The molecule has 92 valence electrons. The molecule has 1 aromatic rings. The molecule has 1 aromatic heterocycles. The Labute approximate surface area is 118 Å². The van der Waals surface area contributed by atoms with Crippen molar-refractivity contribution in [3.63, 3.8) is 0 Å². The molecule has 1 fully saturated rings. The summed E-state index contributed by atoms with van der Waals surface area (Å²) in [6.07, 6.45) is -0.321. The molecule has 0 spiro atoms. The van der Waals surface area contributed by atoms with Gasteiger partial charge in [-0.15, -0.1) is 0 Å². The Bertz CT molecular complexity index is 605. The quantitative estimate of drug-likeness (QED) is 0.747. The molecule has 17 heavy (non-hydrogen) atoms. The van der Waals surface area contributed by atoms with Crippen LogP contribution in [-0.2, 0) is 9.31 Å². The summed E-state index contributed by atoms with van der Waals surface area (Å²) in [4.78, 5) is 3.82. The Morgan fingerprint density at radius 1 is 1.35 bits per heavy atom. The summed E-state index contributed by atoms with van der Waals surface area (Å²) in [5.41, 5.74) is -1.42. The SMILES string of the molecule is [2H]c1nc(C([2H])([2H])[2H])c(Br)c([2H])c1B1OC(C)(C)C(C)(C)O1. The summed E-state index contributed by atoms with van der Waals surface area (Å²) in [6.45, 7) is 4.94. The van der Waals surface area contributed by atoms with Crippen molar-refractivity contribution in [2.45, 2.75) is 45.7 Å². The summed E-state index contributed by atoms with van der Waals surface area (Å²) >= 11 is 3.10. The van der Waals surface area contributed by atoms with E-state index < -0.39 is 25.2 Å². The molecule has 1 saturated heterocycles. The second-order valence-corrected chi connectivity index (χ2v) is 5.81. The van der Waals surface area contributed by atoms with Gasteiger partial charge in [0.05, 0.1) is 19.6 Å². The van der Waals surface area contributed by atoms with E-state index in [0.29, 0.717) is 0 Å². The predicted octanol–water partition coefficient (Wildman–Crippen LogP) is 2.45. The number of halogens is 1. The molecule has 1 aliphatic rings. The Morgan fingerprint density at radius 2 is 1.94 bits per heavy atom. The molecular formula is C12H17BBrNO2. The van der Waals surface area contributed by atoms with Crippen LogP contribution >= 0.6 is 15.9 Å². The lowest BCUT2D eigenvalue weighted by atomic mass is 9.80. The van der Waals surface area contributed by atoms with Gasteiger partial charge in [0.15, 0.2) is 0 Å². The molecule has 0 radical (unpaired) electrons. The van der Waals surface area contributed by atoms with Gasteiger partial charge >= 0.3 is 7.12 Å². The van der Waals surface area contributed by atoms with Crippen molar-refractivity contribution in [2.24, 2.45) is 0 Å². The maximum atomic E-state index is 8.16. The molecule has 1 aliphatic heterocycles. The van der Waals surface area contributed by atoms with E-state index in [0.717, 1.165) is 0 Å². The van der Waals surface area contributed by atoms with Crippen LogP contribution in [0.25, 0.3) is 0 Å². The van der Waals surface area contributed by atoms with Crippen molar-refractivity contribution in [1.29, 1.82) is 0 Å². The Kier molecular flexibility index (Phi) is 1.90. The molecular weight excluding hydrogens is 281 g/mol. The van der Waals surface area contributed by atoms with Gasteiger partial charge in [0.2, 0.25) is 0 Å². The smallest absolute Gasteiger partial charge is 0.399 e. The fraction of sp³-hybridized carbons (Fsp3) is 0.583. The van der Waals surface area contributed by atoms with E-state index in [-0.39, 0.29) is 27.8 Å². The standard InChI is InChI=1S/C12H17BBrNO2/c1-8-10(14)6-9(7-15-8)13-16-11(2,3)12(4,5)17-13/h6-7H,1-5H3/i1D3,6D,7D. The lowest BCUT2D eigenvalue weighted by molar-refractivity contribution is 0.00578. The number of pyridine rings is 1. The first-order valence-corrected chi connectivity index (χ1v) is 6.10. The lowest BCUT2D eigenvalue weighted by Crippen LogP contribution is -2.41. The summed E-state index contributed by atoms with van der Waals surface area (Å²) in [6, 6.07) is -0.148. The van der Waals surface area contributed by atoms with Gasteiger partial charge in [-0.1, -0.05) is 0 Å². The molecule has 0 amide bonds. The van der Waals surface area contributed by atoms with Crippen LogP contribution in [0.1, 0.15) is 40.2 Å². The normalized spacial score (nSPS) is 26.9. The zero-order valence-corrected chi connectivity index (χ0v) is 11.8. The molecule has 2 heterocycles. The summed E-state index contributed by atoms with van der Waals surface area (Å²) < 4.78 is 50.1. The van der Waals surface area contributed by atoms with Crippen molar-refractivity contribution in [1.82, 2.24) is 4.98 Å². The van der Waals surface area contributed by atoms with Gasteiger partial charge in [-0.05, 0) is 56.5 Å². The van der Waals surface area contributed by atoms with Crippen LogP contribution in [0.2, 0.25) is 0 Å². The number of hydrogen-bond acceptors (Lipinski definition) is 3. The third-order valence-corrected chi connectivity index (χ3v) is 3.80. The number of hydrogen-bond donors (Lipinski definition) is 0. The first-order valence-electron chi connectivity index (χ1n) is 7.80. The van der Waals surface area contributed by atoms with Gasteiger partial charge in [-0.25, -0.2) is 0 Å². The Hall–Kier alpha value is -0.385. The number of aryl methyl sites for hydroxylation is 1. The molecule has 3 nitrogen and oxygen atoms in total. The summed E-state index contributed by atoms with van der Waals surface area (Å²) in [5, 5.41) is 0. The molecule has 0 N–H and O–H groups in total. The molecule has 5 heteroatoms. The maximum Gasteiger partial charge on any atom is 0.496 e. The molecule has 0 atom stereocenters. The second-order valence-electron chi connectivity index (χ2n) is 5.01. The van der Waals surface area contributed by atoms with Crippen molar-refractivity contribution < 1.29 is 16.2 Å². The zero-order valence-electron chi connectivity index (χ0n) is 15.2. The highest BCUT2D eigenvalue weighted by atomic mass is 79.9. The third-order valence-electron chi connectivity index (χ3n) is 3.23. The Morgan fingerprint density at radius 3 is 2.47 bits per heavy atom. The van der Waals surface area contributed by atoms with Crippen molar-refractivity contribution in [3.05, 3.63) is 22.4 Å². The minimum Gasteiger partial charge on any atom is -0.399 e. The van der Waals surface area contributed by atoms with Crippen molar-refractivity contribution >= 4 is 28.5 Å². The van der Waals surface area contributed by atoms with E-state index in [4.69, 9.17) is 16.2 Å². The second kappa shape index (κ2) is 4.07. The van der Waals surface area contributed by atoms with Crippen LogP contribution in [-0.4, -0.2) is 23.3 Å². The van der Waals surface area contributed by atoms with E-state index in [1.807, 2.05) is 27.7 Å². The fourth-order valence-corrected chi connectivity index (χ4v) is 1.75. The van der Waals surface area contributed by atoms with Crippen LogP contribution in [0, 0.1) is 6.85 Å². The Balaban J connectivity index is 2.54. The van der Waals surface area contributed by atoms with Crippen LogP contribution in [0.4, 0.5) is 0 Å². The molecule has 0 aliphatic carbocycles. The molecule has 0 bridgehead atoms. The summed E-state index contributed by atoms with van der Waals surface area (Å²) in [5.74, 6) is 0. The molecule has 2 rings (SSSR count). The number of aromatic nitrogens is 1. The van der Waals surface area contributed by atoms with Gasteiger partial charge in [0.25, 0.3) is 0 Å². The molecule has 0 saturated carbocycles. The minimum absolute atomic E-state index is 0.0354.